The molecule has 1 aromatic carbocycles. The van der Waals surface area contributed by atoms with Gasteiger partial charge < -0.3 is 9.73 Å². The Morgan fingerprint density at radius 1 is 1.20 bits per heavy atom. The molecule has 0 bridgehead atoms. The first-order valence-electron chi connectivity index (χ1n) is 6.58. The summed E-state index contributed by atoms with van der Waals surface area (Å²) in [5, 5.41) is 12.1. The van der Waals surface area contributed by atoms with Crippen LogP contribution >= 0.6 is 0 Å². The predicted molar refractivity (Wildman–Crippen MR) is 74.2 cm³/mol. The summed E-state index contributed by atoms with van der Waals surface area (Å²) in [4.78, 5) is 0. The predicted octanol–water partition coefficient (Wildman–Crippen LogP) is 3.78. The zero-order chi connectivity index (χ0) is 14.5. The van der Waals surface area contributed by atoms with Crippen LogP contribution in [0.3, 0.4) is 0 Å². The van der Waals surface area contributed by atoms with Gasteiger partial charge in [-0.1, -0.05) is 26.0 Å². The van der Waals surface area contributed by atoms with Crippen molar-refractivity contribution in [2.75, 3.05) is 0 Å². The molecule has 0 amide bonds. The maximum absolute atomic E-state index is 13.0. The van der Waals surface area contributed by atoms with Gasteiger partial charge in [0.1, 0.15) is 17.6 Å². The second-order valence-electron chi connectivity index (χ2n) is 5.03. The van der Waals surface area contributed by atoms with E-state index in [1.807, 2.05) is 6.07 Å². The fourth-order valence-electron chi connectivity index (χ4n) is 2.15. The SMILES string of the molecule is CC(C)C(NCc1ccc(C#N)o1)c1ccc(F)cc1. The minimum atomic E-state index is -0.235. The maximum Gasteiger partial charge on any atom is 0.203 e. The van der Waals surface area contributed by atoms with Crippen molar-refractivity contribution in [3.8, 4) is 6.07 Å². The summed E-state index contributed by atoms with van der Waals surface area (Å²) in [6.45, 7) is 4.73. The zero-order valence-electron chi connectivity index (χ0n) is 11.6. The van der Waals surface area contributed by atoms with E-state index in [-0.39, 0.29) is 11.9 Å². The Bertz CT molecular complexity index is 596. The van der Waals surface area contributed by atoms with Gasteiger partial charge in [-0.05, 0) is 35.7 Å². The van der Waals surface area contributed by atoms with Gasteiger partial charge in [0.2, 0.25) is 5.76 Å². The Kier molecular flexibility index (Phi) is 4.54. The Morgan fingerprint density at radius 3 is 2.45 bits per heavy atom. The number of hydrogen-bond donors (Lipinski definition) is 1. The molecule has 0 aliphatic heterocycles. The molecule has 20 heavy (non-hydrogen) atoms. The third-order valence-electron chi connectivity index (χ3n) is 3.16. The van der Waals surface area contributed by atoms with Crippen LogP contribution in [0.4, 0.5) is 4.39 Å². The van der Waals surface area contributed by atoms with Gasteiger partial charge in [-0.2, -0.15) is 5.26 Å². The third kappa shape index (κ3) is 3.46. The lowest BCUT2D eigenvalue weighted by Crippen LogP contribution is -2.25. The van der Waals surface area contributed by atoms with Crippen LogP contribution < -0.4 is 5.32 Å². The van der Waals surface area contributed by atoms with Crippen molar-refractivity contribution in [3.63, 3.8) is 0 Å². The number of nitrogens with one attached hydrogen (secondary N) is 1. The number of benzene rings is 1. The summed E-state index contributed by atoms with van der Waals surface area (Å²) in [6, 6.07) is 12.0. The average molecular weight is 272 g/mol. The molecule has 1 heterocycles. The Labute approximate surface area is 118 Å². The van der Waals surface area contributed by atoms with Crippen LogP contribution in [-0.4, -0.2) is 0 Å². The van der Waals surface area contributed by atoms with Crippen LogP contribution in [0.15, 0.2) is 40.8 Å². The molecule has 0 saturated carbocycles. The molecule has 0 radical (unpaired) electrons. The number of nitrogens with zero attached hydrogens (tertiary/aromatic N) is 1. The van der Waals surface area contributed by atoms with Crippen molar-refractivity contribution in [3.05, 3.63) is 59.3 Å². The summed E-state index contributed by atoms with van der Waals surface area (Å²) < 4.78 is 18.3. The molecule has 3 nitrogen and oxygen atoms in total. The number of hydrogen-bond acceptors (Lipinski definition) is 3. The van der Waals surface area contributed by atoms with Gasteiger partial charge in [0.15, 0.2) is 0 Å². The van der Waals surface area contributed by atoms with E-state index in [1.54, 1.807) is 24.3 Å². The van der Waals surface area contributed by atoms with Crippen LogP contribution in [0.25, 0.3) is 0 Å². The van der Waals surface area contributed by atoms with Crippen molar-refractivity contribution in [1.29, 1.82) is 5.26 Å². The lowest BCUT2D eigenvalue weighted by Gasteiger charge is -2.22. The van der Waals surface area contributed by atoms with Gasteiger partial charge in [-0.25, -0.2) is 4.39 Å². The molecule has 0 aliphatic rings. The van der Waals surface area contributed by atoms with E-state index in [0.717, 1.165) is 5.56 Å². The first kappa shape index (κ1) is 14.3. The summed E-state index contributed by atoms with van der Waals surface area (Å²) in [7, 11) is 0. The van der Waals surface area contributed by atoms with Gasteiger partial charge in [-0.3, -0.25) is 0 Å². The minimum Gasteiger partial charge on any atom is -0.449 e. The molecule has 104 valence electrons. The third-order valence-corrected chi connectivity index (χ3v) is 3.16. The highest BCUT2D eigenvalue weighted by Crippen LogP contribution is 2.22. The smallest absolute Gasteiger partial charge is 0.203 e. The Balaban J connectivity index is 2.06. The number of halogens is 1. The first-order chi connectivity index (χ1) is 9.60. The highest BCUT2D eigenvalue weighted by Gasteiger charge is 2.16. The molecule has 0 spiro atoms. The van der Waals surface area contributed by atoms with Gasteiger partial charge >= 0.3 is 0 Å². The number of furan rings is 1. The first-order valence-corrected chi connectivity index (χ1v) is 6.58. The van der Waals surface area contributed by atoms with Gasteiger partial charge in [0.05, 0.1) is 6.54 Å². The molecule has 0 saturated heterocycles. The molecule has 0 aliphatic carbocycles. The number of rotatable bonds is 5. The zero-order valence-corrected chi connectivity index (χ0v) is 11.6. The lowest BCUT2D eigenvalue weighted by atomic mass is 9.96. The second-order valence-corrected chi connectivity index (χ2v) is 5.03. The highest BCUT2D eigenvalue weighted by atomic mass is 19.1. The van der Waals surface area contributed by atoms with E-state index in [0.29, 0.717) is 24.0 Å². The molecule has 2 rings (SSSR count). The van der Waals surface area contributed by atoms with Crippen molar-refractivity contribution in [2.24, 2.45) is 5.92 Å². The largest absolute Gasteiger partial charge is 0.449 e. The lowest BCUT2D eigenvalue weighted by molar-refractivity contribution is 0.382. The van der Waals surface area contributed by atoms with Crippen LogP contribution in [0.5, 0.6) is 0 Å². The molecule has 1 aromatic heterocycles. The molecule has 0 fully saturated rings. The fourth-order valence-corrected chi connectivity index (χ4v) is 2.15. The molecular weight excluding hydrogens is 255 g/mol. The monoisotopic (exact) mass is 272 g/mol. The van der Waals surface area contributed by atoms with Gasteiger partial charge in [-0.15, -0.1) is 0 Å². The Morgan fingerprint density at radius 2 is 1.90 bits per heavy atom. The quantitative estimate of drug-likeness (QED) is 0.901. The van der Waals surface area contributed by atoms with Crippen LogP contribution in [0.1, 0.15) is 37.0 Å². The van der Waals surface area contributed by atoms with Crippen molar-refractivity contribution in [2.45, 2.75) is 26.4 Å². The molecule has 1 N–H and O–H groups in total. The highest BCUT2D eigenvalue weighted by molar-refractivity contribution is 5.21. The molecule has 2 aromatic rings. The van der Waals surface area contributed by atoms with E-state index in [1.165, 1.54) is 12.1 Å². The summed E-state index contributed by atoms with van der Waals surface area (Å²) in [5.41, 5.74) is 1.04. The van der Waals surface area contributed by atoms with Crippen molar-refractivity contribution >= 4 is 0 Å². The van der Waals surface area contributed by atoms with E-state index in [9.17, 15) is 4.39 Å². The average Bonchev–Trinajstić information content (AvgIpc) is 2.88. The van der Waals surface area contributed by atoms with Gasteiger partial charge in [0.25, 0.3) is 0 Å². The maximum atomic E-state index is 13.0. The molecule has 1 unspecified atom stereocenters. The van der Waals surface area contributed by atoms with E-state index >= 15 is 0 Å². The van der Waals surface area contributed by atoms with E-state index in [2.05, 4.69) is 19.2 Å². The van der Waals surface area contributed by atoms with Crippen molar-refractivity contribution < 1.29 is 8.81 Å². The van der Waals surface area contributed by atoms with Crippen molar-refractivity contribution in [1.82, 2.24) is 5.32 Å². The Hall–Kier alpha value is -2.12. The number of nitriles is 1. The van der Waals surface area contributed by atoms with Crippen LogP contribution in [0, 0.1) is 23.1 Å². The molecular formula is C16H17FN2O. The second kappa shape index (κ2) is 6.36. The van der Waals surface area contributed by atoms with Crippen LogP contribution in [-0.2, 0) is 6.54 Å². The minimum absolute atomic E-state index is 0.103. The fraction of sp³-hybridized carbons (Fsp3) is 0.312. The standard InChI is InChI=1S/C16H17FN2O/c1-11(2)16(12-3-5-13(17)6-4-12)19-10-15-8-7-14(9-18)20-15/h3-8,11,16,19H,10H2,1-2H3. The van der Waals surface area contributed by atoms with Crippen LogP contribution in [0.2, 0.25) is 0 Å². The molecule has 1 atom stereocenters. The van der Waals surface area contributed by atoms with E-state index in [4.69, 9.17) is 9.68 Å². The topological polar surface area (TPSA) is 49.0 Å². The van der Waals surface area contributed by atoms with E-state index < -0.39 is 0 Å². The normalized spacial score (nSPS) is 12.3. The van der Waals surface area contributed by atoms with Gasteiger partial charge in [0, 0.05) is 6.04 Å². The summed E-state index contributed by atoms with van der Waals surface area (Å²) in [6.07, 6.45) is 0. The summed E-state index contributed by atoms with van der Waals surface area (Å²) >= 11 is 0. The summed E-state index contributed by atoms with van der Waals surface area (Å²) in [5.74, 6) is 1.14. The molecule has 4 heteroatoms.